The van der Waals surface area contributed by atoms with Gasteiger partial charge in [-0.05, 0) is 18.8 Å². The summed E-state index contributed by atoms with van der Waals surface area (Å²) in [6.07, 6.45) is 5.38. The van der Waals surface area contributed by atoms with E-state index >= 15 is 0 Å². The number of aromatic nitrogens is 4. The maximum Gasteiger partial charge on any atom is 0.206 e. The number of anilines is 1. The molecule has 21 heavy (non-hydrogen) atoms. The number of nitrogens with one attached hydrogen (secondary N) is 1. The van der Waals surface area contributed by atoms with Gasteiger partial charge in [0.2, 0.25) is 5.13 Å². The highest BCUT2D eigenvalue weighted by Gasteiger charge is 2.36. The summed E-state index contributed by atoms with van der Waals surface area (Å²) in [5, 5.41) is 27.7. The lowest BCUT2D eigenvalue weighted by Gasteiger charge is -2.37. The molecule has 1 saturated carbocycles. The van der Waals surface area contributed by atoms with Crippen molar-refractivity contribution in [3.63, 3.8) is 0 Å². The molecule has 0 spiro atoms. The van der Waals surface area contributed by atoms with Crippen molar-refractivity contribution in [2.24, 2.45) is 13.0 Å². The van der Waals surface area contributed by atoms with E-state index in [1.807, 2.05) is 19.4 Å². The van der Waals surface area contributed by atoms with Gasteiger partial charge in [-0.3, -0.25) is 4.68 Å². The minimum Gasteiger partial charge on any atom is -0.393 e. The van der Waals surface area contributed by atoms with E-state index in [-0.39, 0.29) is 12.1 Å². The first-order valence-corrected chi connectivity index (χ1v) is 8.11. The van der Waals surface area contributed by atoms with Gasteiger partial charge < -0.3 is 10.4 Å². The van der Waals surface area contributed by atoms with Gasteiger partial charge in [0.25, 0.3) is 0 Å². The number of aliphatic hydroxyl groups excluding tert-OH is 1. The molecule has 114 valence electrons. The predicted molar refractivity (Wildman–Crippen MR) is 82.3 cm³/mol. The molecule has 0 unspecified atom stereocenters. The summed E-state index contributed by atoms with van der Waals surface area (Å²) in [4.78, 5) is 0. The summed E-state index contributed by atoms with van der Waals surface area (Å²) in [5.41, 5.74) is 1.13. The summed E-state index contributed by atoms with van der Waals surface area (Å²) in [5.74, 6) is 0.802. The lowest BCUT2D eigenvalue weighted by molar-refractivity contribution is 0.0339. The van der Waals surface area contributed by atoms with Crippen molar-refractivity contribution < 1.29 is 5.11 Å². The molecule has 0 amide bonds. The third kappa shape index (κ3) is 3.08. The van der Waals surface area contributed by atoms with E-state index in [4.69, 9.17) is 0 Å². The van der Waals surface area contributed by atoms with E-state index in [0.29, 0.717) is 11.8 Å². The molecule has 0 saturated heterocycles. The monoisotopic (exact) mass is 307 g/mol. The van der Waals surface area contributed by atoms with E-state index in [2.05, 4.69) is 34.5 Å². The van der Waals surface area contributed by atoms with Crippen molar-refractivity contribution in [2.75, 3.05) is 5.32 Å². The number of rotatable bonds is 5. The third-order valence-electron chi connectivity index (χ3n) is 3.92. The van der Waals surface area contributed by atoms with Crippen molar-refractivity contribution >= 4 is 16.5 Å². The van der Waals surface area contributed by atoms with Crippen molar-refractivity contribution in [3.8, 4) is 0 Å². The zero-order valence-electron chi connectivity index (χ0n) is 12.5. The van der Waals surface area contributed by atoms with Crippen molar-refractivity contribution in [2.45, 2.75) is 44.8 Å². The lowest BCUT2D eigenvalue weighted by Crippen LogP contribution is -2.35. The van der Waals surface area contributed by atoms with Gasteiger partial charge in [-0.15, -0.1) is 10.2 Å². The fraction of sp³-hybridized carbons (Fsp3) is 0.643. The molecule has 2 aromatic heterocycles. The average Bonchev–Trinajstić information content (AvgIpc) is 3.01. The predicted octanol–water partition coefficient (Wildman–Crippen LogP) is 2.32. The molecular formula is C14H21N5OS. The van der Waals surface area contributed by atoms with Gasteiger partial charge in [0, 0.05) is 24.7 Å². The van der Waals surface area contributed by atoms with Crippen molar-refractivity contribution in [3.05, 3.63) is 23.0 Å². The number of aryl methyl sites for hydroxylation is 1. The van der Waals surface area contributed by atoms with E-state index in [0.717, 1.165) is 28.5 Å². The molecule has 3 rings (SSSR count). The average molecular weight is 307 g/mol. The second-order valence-electron chi connectivity index (χ2n) is 6.05. The maximum absolute atomic E-state index is 9.59. The van der Waals surface area contributed by atoms with Crippen LogP contribution >= 0.6 is 11.3 Å². The van der Waals surface area contributed by atoms with Crippen LogP contribution in [-0.4, -0.2) is 31.2 Å². The normalized spacial score (nSPS) is 23.1. The second kappa shape index (κ2) is 5.73. The Morgan fingerprint density at radius 1 is 1.38 bits per heavy atom. The Kier molecular flexibility index (Phi) is 3.95. The van der Waals surface area contributed by atoms with Crippen LogP contribution < -0.4 is 5.32 Å². The minimum atomic E-state index is -0.170. The highest BCUT2D eigenvalue weighted by molar-refractivity contribution is 7.15. The van der Waals surface area contributed by atoms with Crippen LogP contribution in [0.2, 0.25) is 0 Å². The topological polar surface area (TPSA) is 75.9 Å². The van der Waals surface area contributed by atoms with Gasteiger partial charge in [0.1, 0.15) is 5.01 Å². The maximum atomic E-state index is 9.59. The molecule has 0 aliphatic heterocycles. The fourth-order valence-electron chi connectivity index (χ4n) is 2.64. The molecule has 0 bridgehead atoms. The Bertz CT molecular complexity index is 602. The van der Waals surface area contributed by atoms with E-state index in [1.54, 1.807) is 16.0 Å². The largest absolute Gasteiger partial charge is 0.393 e. The van der Waals surface area contributed by atoms with E-state index < -0.39 is 0 Å². The van der Waals surface area contributed by atoms with Crippen LogP contribution in [0.5, 0.6) is 0 Å². The minimum absolute atomic E-state index is 0.134. The highest BCUT2D eigenvalue weighted by Crippen LogP contribution is 2.40. The zero-order valence-corrected chi connectivity index (χ0v) is 13.3. The lowest BCUT2D eigenvalue weighted by atomic mass is 9.75. The van der Waals surface area contributed by atoms with Crippen LogP contribution in [-0.2, 0) is 7.05 Å². The summed E-state index contributed by atoms with van der Waals surface area (Å²) in [6, 6.07) is 0.134. The van der Waals surface area contributed by atoms with Crippen LogP contribution in [0, 0.1) is 5.92 Å². The summed E-state index contributed by atoms with van der Waals surface area (Å²) >= 11 is 1.60. The Balaban J connectivity index is 1.78. The molecule has 0 aromatic carbocycles. The third-order valence-corrected chi connectivity index (χ3v) is 5.07. The molecule has 0 radical (unpaired) electrons. The first-order valence-electron chi connectivity index (χ1n) is 7.29. The molecule has 2 heterocycles. The molecular weight excluding hydrogens is 286 g/mol. The first-order chi connectivity index (χ1) is 10.0. The van der Waals surface area contributed by atoms with Crippen LogP contribution in [0.4, 0.5) is 5.13 Å². The number of nitrogens with zero attached hydrogens (tertiary/aromatic N) is 4. The Labute approximate surface area is 128 Å². The van der Waals surface area contributed by atoms with Crippen LogP contribution in [0.3, 0.4) is 0 Å². The van der Waals surface area contributed by atoms with Gasteiger partial charge in [-0.2, -0.15) is 5.10 Å². The Morgan fingerprint density at radius 3 is 2.67 bits per heavy atom. The summed E-state index contributed by atoms with van der Waals surface area (Å²) in [6.45, 7) is 4.23. The Morgan fingerprint density at radius 2 is 2.14 bits per heavy atom. The molecule has 7 heteroatoms. The SMILES string of the molecule is CC(C)c1nnc(N[C@@H](c2cnn(C)c2)C2CC(O)C2)s1. The number of hydrogen-bond donors (Lipinski definition) is 2. The molecule has 1 fully saturated rings. The smallest absolute Gasteiger partial charge is 0.206 e. The standard InChI is InChI=1S/C14H21N5OS/c1-8(2)13-17-18-14(21-13)16-12(9-4-11(20)5-9)10-6-15-19(3)7-10/h6-9,11-12,20H,4-5H2,1-3H3,(H,16,18)/t9?,11?,12-/m1/s1. The quantitative estimate of drug-likeness (QED) is 0.886. The van der Waals surface area contributed by atoms with Gasteiger partial charge in [0.15, 0.2) is 0 Å². The molecule has 1 aliphatic carbocycles. The molecule has 1 aliphatic rings. The second-order valence-corrected chi connectivity index (χ2v) is 7.06. The summed E-state index contributed by atoms with van der Waals surface area (Å²) in [7, 11) is 1.91. The first kappa shape index (κ1) is 14.5. The van der Waals surface area contributed by atoms with Crippen LogP contribution in [0.15, 0.2) is 12.4 Å². The van der Waals surface area contributed by atoms with E-state index in [9.17, 15) is 5.11 Å². The van der Waals surface area contributed by atoms with Gasteiger partial charge >= 0.3 is 0 Å². The summed E-state index contributed by atoms with van der Waals surface area (Å²) < 4.78 is 1.80. The number of hydrogen-bond acceptors (Lipinski definition) is 6. The van der Waals surface area contributed by atoms with Crippen LogP contribution in [0.25, 0.3) is 0 Å². The van der Waals surface area contributed by atoms with Gasteiger partial charge in [-0.1, -0.05) is 25.2 Å². The van der Waals surface area contributed by atoms with Crippen LogP contribution in [0.1, 0.15) is 49.2 Å². The highest BCUT2D eigenvalue weighted by atomic mass is 32.1. The van der Waals surface area contributed by atoms with Crippen molar-refractivity contribution in [1.82, 2.24) is 20.0 Å². The number of aliphatic hydroxyl groups is 1. The fourth-order valence-corrected chi connectivity index (χ4v) is 3.42. The van der Waals surface area contributed by atoms with Crippen molar-refractivity contribution in [1.29, 1.82) is 0 Å². The molecule has 2 N–H and O–H groups in total. The zero-order chi connectivity index (χ0) is 15.0. The Hall–Kier alpha value is -1.47. The van der Waals surface area contributed by atoms with Gasteiger partial charge in [0.05, 0.1) is 18.3 Å². The van der Waals surface area contributed by atoms with E-state index in [1.165, 1.54) is 0 Å². The van der Waals surface area contributed by atoms with Gasteiger partial charge in [-0.25, -0.2) is 0 Å². The molecule has 6 nitrogen and oxygen atoms in total. The molecule has 1 atom stereocenters. The molecule has 2 aromatic rings.